The zero-order valence-electron chi connectivity index (χ0n) is 11.0. The molecule has 2 aromatic heterocycles. The fraction of sp³-hybridized carbons (Fsp3) is 0.0667. The van der Waals surface area contributed by atoms with E-state index in [4.69, 9.17) is 23.2 Å². The van der Waals surface area contributed by atoms with Gasteiger partial charge in [-0.05, 0) is 24.3 Å². The van der Waals surface area contributed by atoms with Crippen LogP contribution in [0.4, 0.5) is 5.69 Å². The van der Waals surface area contributed by atoms with Gasteiger partial charge in [-0.3, -0.25) is 10.1 Å². The van der Waals surface area contributed by atoms with Crippen LogP contribution in [-0.4, -0.2) is 15.2 Å². The Labute approximate surface area is 132 Å². The number of anilines is 1. The summed E-state index contributed by atoms with van der Waals surface area (Å²) in [5, 5.41) is 11.4. The van der Waals surface area contributed by atoms with Crippen LogP contribution in [0.15, 0.2) is 48.9 Å². The molecule has 0 amide bonds. The number of aromatic amines is 1. The van der Waals surface area contributed by atoms with Gasteiger partial charge in [-0.25, -0.2) is 0 Å². The van der Waals surface area contributed by atoms with Crippen LogP contribution in [0, 0.1) is 0 Å². The Kier molecular flexibility index (Phi) is 4.08. The molecule has 2 heterocycles. The standard InChI is InChI=1S/C15H12Cl2N4/c16-12-4-1-5-13(14(12)17)19-8-11-9-20-21-15(11)10-3-2-6-18-7-10/h1-7,9,19H,8H2,(H,20,21). The number of nitrogens with zero attached hydrogens (tertiary/aromatic N) is 2. The van der Waals surface area contributed by atoms with Gasteiger partial charge in [0.1, 0.15) is 0 Å². The first-order valence-electron chi connectivity index (χ1n) is 6.36. The first-order chi connectivity index (χ1) is 10.3. The SMILES string of the molecule is Clc1cccc(NCc2cn[nH]c2-c2cccnc2)c1Cl. The highest BCUT2D eigenvalue weighted by Gasteiger charge is 2.09. The van der Waals surface area contributed by atoms with E-state index >= 15 is 0 Å². The maximum absolute atomic E-state index is 6.16. The third-order valence-corrected chi connectivity index (χ3v) is 3.91. The van der Waals surface area contributed by atoms with Gasteiger partial charge in [0.15, 0.2) is 0 Å². The fourth-order valence-electron chi connectivity index (χ4n) is 2.04. The third kappa shape index (κ3) is 3.01. The number of rotatable bonds is 4. The summed E-state index contributed by atoms with van der Waals surface area (Å²) in [4.78, 5) is 4.12. The number of nitrogens with one attached hydrogen (secondary N) is 2. The lowest BCUT2D eigenvalue weighted by atomic mass is 10.1. The molecule has 1 aromatic carbocycles. The Hall–Kier alpha value is -2.04. The van der Waals surface area contributed by atoms with Gasteiger partial charge in [0.05, 0.1) is 27.6 Å². The number of halogens is 2. The number of H-pyrrole nitrogens is 1. The molecule has 0 fully saturated rings. The quantitative estimate of drug-likeness (QED) is 0.750. The van der Waals surface area contributed by atoms with Crippen molar-refractivity contribution < 1.29 is 0 Å². The summed E-state index contributed by atoms with van der Waals surface area (Å²) in [6.45, 7) is 0.584. The van der Waals surface area contributed by atoms with Crippen LogP contribution in [0.3, 0.4) is 0 Å². The second-order valence-corrected chi connectivity index (χ2v) is 5.25. The summed E-state index contributed by atoms with van der Waals surface area (Å²) >= 11 is 12.2. The Morgan fingerprint density at radius 2 is 2.00 bits per heavy atom. The van der Waals surface area contributed by atoms with E-state index in [1.165, 1.54) is 0 Å². The van der Waals surface area contributed by atoms with Gasteiger partial charge in [0.2, 0.25) is 0 Å². The molecule has 0 aliphatic heterocycles. The number of pyridine rings is 1. The molecule has 0 unspecified atom stereocenters. The van der Waals surface area contributed by atoms with Crippen LogP contribution >= 0.6 is 23.2 Å². The molecule has 0 spiro atoms. The summed E-state index contributed by atoms with van der Waals surface area (Å²) < 4.78 is 0. The molecule has 106 valence electrons. The van der Waals surface area contributed by atoms with E-state index in [2.05, 4.69) is 20.5 Å². The van der Waals surface area contributed by atoms with Crippen LogP contribution in [0.25, 0.3) is 11.3 Å². The number of aromatic nitrogens is 3. The highest BCUT2D eigenvalue weighted by molar-refractivity contribution is 6.43. The first kappa shape index (κ1) is 13.9. The van der Waals surface area contributed by atoms with E-state index in [1.54, 1.807) is 24.7 Å². The van der Waals surface area contributed by atoms with Crippen molar-refractivity contribution in [2.75, 3.05) is 5.32 Å². The van der Waals surface area contributed by atoms with Crippen molar-refractivity contribution in [1.82, 2.24) is 15.2 Å². The molecular weight excluding hydrogens is 307 g/mol. The Morgan fingerprint density at radius 1 is 1.10 bits per heavy atom. The molecule has 3 rings (SSSR count). The number of hydrogen-bond donors (Lipinski definition) is 2. The normalized spacial score (nSPS) is 10.6. The van der Waals surface area contributed by atoms with E-state index in [-0.39, 0.29) is 0 Å². The average Bonchev–Trinajstić information content (AvgIpc) is 2.98. The minimum atomic E-state index is 0.519. The van der Waals surface area contributed by atoms with Crippen molar-refractivity contribution in [2.45, 2.75) is 6.54 Å². The molecule has 0 saturated carbocycles. The predicted octanol–water partition coefficient (Wildman–Crippen LogP) is 4.39. The van der Waals surface area contributed by atoms with E-state index < -0.39 is 0 Å². The summed E-state index contributed by atoms with van der Waals surface area (Å²) in [5.74, 6) is 0. The topological polar surface area (TPSA) is 53.6 Å². The summed E-state index contributed by atoms with van der Waals surface area (Å²) in [7, 11) is 0. The van der Waals surface area contributed by atoms with Gasteiger partial charge in [-0.15, -0.1) is 0 Å². The molecule has 3 aromatic rings. The van der Waals surface area contributed by atoms with E-state index in [0.717, 1.165) is 22.5 Å². The van der Waals surface area contributed by atoms with Crippen molar-refractivity contribution in [3.63, 3.8) is 0 Å². The zero-order chi connectivity index (χ0) is 14.7. The molecule has 21 heavy (non-hydrogen) atoms. The van der Waals surface area contributed by atoms with Gasteiger partial charge in [0, 0.05) is 30.1 Å². The lowest BCUT2D eigenvalue weighted by Crippen LogP contribution is -2.00. The van der Waals surface area contributed by atoms with Crippen molar-refractivity contribution in [3.8, 4) is 11.3 Å². The maximum Gasteiger partial charge on any atom is 0.0823 e. The zero-order valence-corrected chi connectivity index (χ0v) is 12.5. The molecule has 0 aliphatic carbocycles. The lowest BCUT2D eigenvalue weighted by Gasteiger charge is -2.09. The van der Waals surface area contributed by atoms with Crippen LogP contribution in [0.5, 0.6) is 0 Å². The average molecular weight is 319 g/mol. The number of hydrogen-bond acceptors (Lipinski definition) is 3. The van der Waals surface area contributed by atoms with Crippen LogP contribution < -0.4 is 5.32 Å². The van der Waals surface area contributed by atoms with E-state index in [0.29, 0.717) is 16.6 Å². The Bertz CT molecular complexity index is 740. The predicted molar refractivity (Wildman–Crippen MR) is 85.6 cm³/mol. The Balaban J connectivity index is 1.81. The molecule has 2 N–H and O–H groups in total. The number of benzene rings is 1. The summed E-state index contributed by atoms with van der Waals surface area (Å²) in [5.41, 5.74) is 3.75. The molecule has 0 saturated heterocycles. The molecule has 0 atom stereocenters. The Morgan fingerprint density at radius 3 is 2.81 bits per heavy atom. The minimum Gasteiger partial charge on any atom is -0.380 e. The first-order valence-corrected chi connectivity index (χ1v) is 7.12. The van der Waals surface area contributed by atoms with Crippen molar-refractivity contribution in [1.29, 1.82) is 0 Å². The summed E-state index contributed by atoms with van der Waals surface area (Å²) in [6, 6.07) is 9.37. The van der Waals surface area contributed by atoms with E-state index in [9.17, 15) is 0 Å². The van der Waals surface area contributed by atoms with Gasteiger partial charge in [-0.1, -0.05) is 29.3 Å². The van der Waals surface area contributed by atoms with Crippen LogP contribution in [0.2, 0.25) is 10.0 Å². The van der Waals surface area contributed by atoms with Crippen molar-refractivity contribution >= 4 is 28.9 Å². The van der Waals surface area contributed by atoms with E-state index in [1.807, 2.05) is 24.3 Å². The van der Waals surface area contributed by atoms with Crippen LogP contribution in [-0.2, 0) is 6.54 Å². The second-order valence-electron chi connectivity index (χ2n) is 4.47. The molecule has 0 radical (unpaired) electrons. The monoisotopic (exact) mass is 318 g/mol. The van der Waals surface area contributed by atoms with Crippen molar-refractivity contribution in [3.05, 3.63) is 64.5 Å². The molecule has 0 bridgehead atoms. The highest BCUT2D eigenvalue weighted by atomic mass is 35.5. The van der Waals surface area contributed by atoms with Gasteiger partial charge in [-0.2, -0.15) is 5.10 Å². The second kappa shape index (κ2) is 6.16. The smallest absolute Gasteiger partial charge is 0.0823 e. The summed E-state index contributed by atoms with van der Waals surface area (Å²) in [6.07, 6.45) is 5.32. The van der Waals surface area contributed by atoms with Gasteiger partial charge in [0.25, 0.3) is 0 Å². The molecule has 0 aliphatic rings. The van der Waals surface area contributed by atoms with Crippen molar-refractivity contribution in [2.24, 2.45) is 0 Å². The van der Waals surface area contributed by atoms with Gasteiger partial charge >= 0.3 is 0 Å². The lowest BCUT2D eigenvalue weighted by molar-refractivity contribution is 1.09. The third-order valence-electron chi connectivity index (χ3n) is 3.09. The molecular formula is C15H12Cl2N4. The molecule has 4 nitrogen and oxygen atoms in total. The largest absolute Gasteiger partial charge is 0.380 e. The van der Waals surface area contributed by atoms with Crippen LogP contribution in [0.1, 0.15) is 5.56 Å². The fourth-order valence-corrected chi connectivity index (χ4v) is 2.40. The van der Waals surface area contributed by atoms with Gasteiger partial charge < -0.3 is 5.32 Å². The maximum atomic E-state index is 6.16. The highest BCUT2D eigenvalue weighted by Crippen LogP contribution is 2.30. The molecule has 6 heteroatoms. The minimum absolute atomic E-state index is 0.519.